The molecule has 0 unspecified atom stereocenters. The molecule has 30 heavy (non-hydrogen) atoms. The molecule has 158 valence electrons. The van der Waals surface area contributed by atoms with Crippen LogP contribution in [0.15, 0.2) is 57.9 Å². The van der Waals surface area contributed by atoms with Crippen LogP contribution in [0.2, 0.25) is 0 Å². The molecule has 0 saturated heterocycles. The van der Waals surface area contributed by atoms with Gasteiger partial charge in [-0.05, 0) is 40.2 Å². The fourth-order valence-corrected chi connectivity index (χ4v) is 3.60. The van der Waals surface area contributed by atoms with E-state index in [1.54, 1.807) is 62.6 Å². The molecule has 2 rings (SSSR count). The number of ether oxygens (including phenoxy) is 1. The zero-order valence-electron chi connectivity index (χ0n) is 16.3. The number of hydrogen-bond donors (Lipinski definition) is 2. The van der Waals surface area contributed by atoms with Crippen LogP contribution in [0, 0.1) is 0 Å². The SMILES string of the molecule is CN(C)C(=O)CSc1ccccc1C(=O)OCC(=O)NNC(=O)c1ccccc1Br. The summed E-state index contributed by atoms with van der Waals surface area (Å²) in [6, 6.07) is 13.4. The second-order valence-corrected chi connectivity index (χ2v) is 8.00. The normalized spacial score (nSPS) is 10.1. The standard InChI is InChI=1S/C20H20BrN3O5S/c1-24(2)18(26)12-30-16-10-6-4-8-14(16)20(28)29-11-17(25)22-23-19(27)13-7-3-5-9-15(13)21/h3-10H,11-12H2,1-2H3,(H,22,25)(H,23,27). The van der Waals surface area contributed by atoms with Gasteiger partial charge in [-0.25, -0.2) is 4.79 Å². The Kier molecular flexibility index (Phi) is 8.88. The summed E-state index contributed by atoms with van der Waals surface area (Å²) in [5.41, 5.74) is 5.03. The van der Waals surface area contributed by atoms with Gasteiger partial charge in [-0.2, -0.15) is 0 Å². The van der Waals surface area contributed by atoms with E-state index >= 15 is 0 Å². The predicted molar refractivity (Wildman–Crippen MR) is 116 cm³/mol. The number of hydrogen-bond acceptors (Lipinski definition) is 6. The molecule has 0 radical (unpaired) electrons. The molecule has 8 nitrogen and oxygen atoms in total. The van der Waals surface area contributed by atoms with E-state index in [2.05, 4.69) is 26.8 Å². The van der Waals surface area contributed by atoms with Crippen LogP contribution < -0.4 is 10.9 Å². The molecule has 0 atom stereocenters. The molecule has 0 aliphatic heterocycles. The molecule has 2 aromatic carbocycles. The largest absolute Gasteiger partial charge is 0.452 e. The van der Waals surface area contributed by atoms with Crippen LogP contribution in [0.1, 0.15) is 20.7 Å². The summed E-state index contributed by atoms with van der Waals surface area (Å²) in [6.45, 7) is -0.579. The van der Waals surface area contributed by atoms with Gasteiger partial charge in [0.1, 0.15) is 0 Å². The van der Waals surface area contributed by atoms with Crippen molar-refractivity contribution >= 4 is 51.4 Å². The third kappa shape index (κ3) is 6.89. The molecule has 2 N–H and O–H groups in total. The van der Waals surface area contributed by atoms with Crippen molar-refractivity contribution in [3.05, 3.63) is 64.1 Å². The number of thioether (sulfide) groups is 1. The van der Waals surface area contributed by atoms with Crippen LogP contribution in [0.4, 0.5) is 0 Å². The summed E-state index contributed by atoms with van der Waals surface area (Å²) in [4.78, 5) is 50.1. The first-order valence-electron chi connectivity index (χ1n) is 8.72. The Hall–Kier alpha value is -2.85. The number of carbonyl (C=O) groups excluding carboxylic acids is 4. The van der Waals surface area contributed by atoms with Crippen molar-refractivity contribution in [1.82, 2.24) is 15.8 Å². The molecule has 0 fully saturated rings. The topological polar surface area (TPSA) is 105 Å². The number of nitrogens with one attached hydrogen (secondary N) is 2. The minimum atomic E-state index is -0.706. The highest BCUT2D eigenvalue weighted by molar-refractivity contribution is 9.10. The summed E-state index contributed by atoms with van der Waals surface area (Å²) >= 11 is 4.45. The Morgan fingerprint density at radius 1 is 0.967 bits per heavy atom. The number of esters is 1. The highest BCUT2D eigenvalue weighted by atomic mass is 79.9. The lowest BCUT2D eigenvalue weighted by Crippen LogP contribution is -2.43. The molecule has 3 amide bonds. The van der Waals surface area contributed by atoms with Gasteiger partial charge in [-0.15, -0.1) is 11.8 Å². The minimum absolute atomic E-state index is 0.0941. The summed E-state index contributed by atoms with van der Waals surface area (Å²) < 4.78 is 5.60. The van der Waals surface area contributed by atoms with Crippen LogP contribution in [0.5, 0.6) is 0 Å². The van der Waals surface area contributed by atoms with Crippen molar-refractivity contribution in [2.75, 3.05) is 26.5 Å². The lowest BCUT2D eigenvalue weighted by atomic mass is 10.2. The molecule has 0 bridgehead atoms. The van der Waals surface area contributed by atoms with Crippen molar-refractivity contribution in [2.24, 2.45) is 0 Å². The molecule has 2 aromatic rings. The summed E-state index contributed by atoms with van der Waals surface area (Å²) in [6.07, 6.45) is 0. The first kappa shape index (κ1) is 23.4. The van der Waals surface area contributed by atoms with Crippen molar-refractivity contribution in [3.63, 3.8) is 0 Å². The first-order chi connectivity index (χ1) is 14.3. The Balaban J connectivity index is 1.87. The van der Waals surface area contributed by atoms with E-state index in [9.17, 15) is 19.2 Å². The smallest absolute Gasteiger partial charge is 0.339 e. The number of rotatable bonds is 7. The Morgan fingerprint density at radius 2 is 1.60 bits per heavy atom. The minimum Gasteiger partial charge on any atom is -0.452 e. The van der Waals surface area contributed by atoms with Crippen molar-refractivity contribution in [3.8, 4) is 0 Å². The molecular weight excluding hydrogens is 474 g/mol. The number of halogens is 1. The number of nitrogens with zero attached hydrogens (tertiary/aromatic N) is 1. The van der Waals surface area contributed by atoms with Crippen LogP contribution in [0.25, 0.3) is 0 Å². The second kappa shape index (κ2) is 11.4. The highest BCUT2D eigenvalue weighted by Crippen LogP contribution is 2.23. The maximum Gasteiger partial charge on any atom is 0.339 e. The summed E-state index contributed by atoms with van der Waals surface area (Å²) in [5, 5.41) is 0. The van der Waals surface area contributed by atoms with Gasteiger partial charge in [0.05, 0.1) is 16.9 Å². The molecular formula is C20H20BrN3O5S. The van der Waals surface area contributed by atoms with Gasteiger partial charge in [0.2, 0.25) is 5.91 Å². The predicted octanol–water partition coefficient (Wildman–Crippen LogP) is 2.25. The molecule has 0 spiro atoms. The molecule has 0 aliphatic carbocycles. The second-order valence-electron chi connectivity index (χ2n) is 6.13. The van der Waals surface area contributed by atoms with E-state index in [1.165, 1.54) is 16.7 Å². The number of hydrazine groups is 1. The van der Waals surface area contributed by atoms with E-state index in [4.69, 9.17) is 4.74 Å². The van der Waals surface area contributed by atoms with E-state index < -0.39 is 24.4 Å². The van der Waals surface area contributed by atoms with E-state index in [1.807, 2.05) is 0 Å². The van der Waals surface area contributed by atoms with Gasteiger partial charge in [0, 0.05) is 23.5 Å². The molecule has 0 aromatic heterocycles. The van der Waals surface area contributed by atoms with Gasteiger partial charge in [0.25, 0.3) is 11.8 Å². The zero-order chi connectivity index (χ0) is 22.1. The molecule has 10 heteroatoms. The van der Waals surface area contributed by atoms with Crippen LogP contribution >= 0.6 is 27.7 Å². The zero-order valence-corrected chi connectivity index (χ0v) is 18.7. The number of carbonyl (C=O) groups is 4. The maximum absolute atomic E-state index is 12.3. The number of benzene rings is 2. The van der Waals surface area contributed by atoms with E-state index in [0.29, 0.717) is 14.9 Å². The number of amides is 3. The van der Waals surface area contributed by atoms with E-state index in [-0.39, 0.29) is 17.2 Å². The van der Waals surface area contributed by atoms with Crippen molar-refractivity contribution < 1.29 is 23.9 Å². The average Bonchev–Trinajstić information content (AvgIpc) is 2.74. The van der Waals surface area contributed by atoms with Crippen molar-refractivity contribution in [2.45, 2.75) is 4.90 Å². The average molecular weight is 494 g/mol. The third-order valence-corrected chi connectivity index (χ3v) is 5.48. The van der Waals surface area contributed by atoms with Gasteiger partial charge < -0.3 is 9.64 Å². The Labute approximate surface area is 186 Å². The van der Waals surface area contributed by atoms with Gasteiger partial charge >= 0.3 is 5.97 Å². The van der Waals surface area contributed by atoms with E-state index in [0.717, 1.165) is 0 Å². The Morgan fingerprint density at radius 3 is 2.27 bits per heavy atom. The maximum atomic E-state index is 12.3. The van der Waals surface area contributed by atoms with Gasteiger partial charge in [0.15, 0.2) is 6.61 Å². The monoisotopic (exact) mass is 493 g/mol. The molecule has 0 aliphatic rings. The van der Waals surface area contributed by atoms with Gasteiger partial charge in [-0.1, -0.05) is 24.3 Å². The first-order valence-corrected chi connectivity index (χ1v) is 10.5. The molecule has 0 heterocycles. The summed E-state index contributed by atoms with van der Waals surface area (Å²) in [7, 11) is 3.30. The van der Waals surface area contributed by atoms with Gasteiger partial charge in [-0.3, -0.25) is 25.2 Å². The fraction of sp³-hybridized carbons (Fsp3) is 0.200. The quantitative estimate of drug-likeness (QED) is 0.348. The molecule has 0 saturated carbocycles. The summed E-state index contributed by atoms with van der Waals surface area (Å²) in [5.74, 6) is -1.85. The lowest BCUT2D eigenvalue weighted by molar-refractivity contribution is -0.126. The lowest BCUT2D eigenvalue weighted by Gasteiger charge is -2.12. The van der Waals surface area contributed by atoms with Crippen LogP contribution in [-0.2, 0) is 14.3 Å². The highest BCUT2D eigenvalue weighted by Gasteiger charge is 2.16. The van der Waals surface area contributed by atoms with Crippen LogP contribution in [-0.4, -0.2) is 55.0 Å². The Bertz CT molecular complexity index is 952. The third-order valence-electron chi connectivity index (χ3n) is 3.73. The van der Waals surface area contributed by atoms with Crippen molar-refractivity contribution in [1.29, 1.82) is 0 Å². The van der Waals surface area contributed by atoms with Crippen LogP contribution in [0.3, 0.4) is 0 Å². The fourth-order valence-electron chi connectivity index (χ4n) is 2.11.